The molecule has 0 radical (unpaired) electrons. The quantitative estimate of drug-likeness (QED) is 0.826. The average Bonchev–Trinajstić information content (AvgIpc) is 2.38. The molecule has 0 fully saturated rings. The van der Waals surface area contributed by atoms with Crippen molar-refractivity contribution in [1.82, 2.24) is 4.98 Å². The predicted octanol–water partition coefficient (Wildman–Crippen LogP) is 3.14. The van der Waals surface area contributed by atoms with Gasteiger partial charge in [-0.05, 0) is 18.2 Å². The van der Waals surface area contributed by atoms with Gasteiger partial charge in [0.2, 0.25) is 0 Å². The minimum atomic E-state index is -2.60. The Bertz CT molecular complexity index is 601. The van der Waals surface area contributed by atoms with Crippen LogP contribution in [0.1, 0.15) is 17.7 Å². The van der Waals surface area contributed by atoms with Crippen molar-refractivity contribution in [2.75, 3.05) is 5.73 Å². The molecule has 5 heteroatoms. The number of benzene rings is 1. The number of anilines is 1. The summed E-state index contributed by atoms with van der Waals surface area (Å²) in [5, 5.41) is 9.00. The highest BCUT2D eigenvalue weighted by Gasteiger charge is 2.10. The van der Waals surface area contributed by atoms with Crippen LogP contribution in [0, 0.1) is 11.3 Å². The van der Waals surface area contributed by atoms with Gasteiger partial charge in [0, 0.05) is 23.0 Å². The van der Waals surface area contributed by atoms with Gasteiger partial charge in [-0.3, -0.25) is 4.98 Å². The molecule has 2 rings (SSSR count). The zero-order valence-corrected chi connectivity index (χ0v) is 9.27. The fraction of sp³-hybridized carbons (Fsp3) is 0.0769. The third-order valence-corrected chi connectivity index (χ3v) is 2.49. The molecule has 1 aromatic heterocycles. The summed E-state index contributed by atoms with van der Waals surface area (Å²) in [6.45, 7) is 0. The topological polar surface area (TPSA) is 62.7 Å². The maximum Gasteiger partial charge on any atom is 0.280 e. The molecule has 0 saturated carbocycles. The molecule has 0 unspecified atom stereocenters. The van der Waals surface area contributed by atoms with Crippen LogP contribution in [-0.4, -0.2) is 4.98 Å². The number of hydrogen-bond acceptors (Lipinski definition) is 3. The van der Waals surface area contributed by atoms with Crippen LogP contribution in [0.2, 0.25) is 0 Å². The molecule has 0 aliphatic carbocycles. The van der Waals surface area contributed by atoms with E-state index in [1.807, 2.05) is 6.07 Å². The van der Waals surface area contributed by atoms with Crippen LogP contribution >= 0.6 is 0 Å². The van der Waals surface area contributed by atoms with Crippen LogP contribution < -0.4 is 5.73 Å². The summed E-state index contributed by atoms with van der Waals surface area (Å²) < 4.78 is 24.7. The fourth-order valence-corrected chi connectivity index (χ4v) is 1.60. The standard InChI is InChI=1S/C13H9F2N3/c14-13(15)12-4-1-8(7-18-12)11-3-2-10(17)5-9(11)6-16/h1-5,7,13H,17H2. The van der Waals surface area contributed by atoms with Gasteiger partial charge in [-0.2, -0.15) is 5.26 Å². The van der Waals surface area contributed by atoms with Gasteiger partial charge in [0.1, 0.15) is 5.69 Å². The van der Waals surface area contributed by atoms with E-state index in [1.54, 1.807) is 12.1 Å². The molecule has 2 aromatic rings. The van der Waals surface area contributed by atoms with E-state index < -0.39 is 6.43 Å². The molecule has 2 N–H and O–H groups in total. The molecule has 0 amide bonds. The number of rotatable bonds is 2. The van der Waals surface area contributed by atoms with E-state index in [0.29, 0.717) is 22.4 Å². The van der Waals surface area contributed by atoms with Crippen LogP contribution in [-0.2, 0) is 0 Å². The van der Waals surface area contributed by atoms with E-state index in [0.717, 1.165) is 0 Å². The van der Waals surface area contributed by atoms with E-state index in [1.165, 1.54) is 24.4 Å². The summed E-state index contributed by atoms with van der Waals surface area (Å²) in [5.41, 5.74) is 7.40. The number of nitrogen functional groups attached to an aromatic ring is 1. The second-order valence-corrected chi connectivity index (χ2v) is 3.69. The van der Waals surface area contributed by atoms with Crippen molar-refractivity contribution >= 4 is 5.69 Å². The van der Waals surface area contributed by atoms with Gasteiger partial charge in [-0.15, -0.1) is 0 Å². The van der Waals surface area contributed by atoms with Gasteiger partial charge in [0.15, 0.2) is 0 Å². The second-order valence-electron chi connectivity index (χ2n) is 3.69. The SMILES string of the molecule is N#Cc1cc(N)ccc1-c1ccc(C(F)F)nc1. The third-order valence-electron chi connectivity index (χ3n) is 2.49. The van der Waals surface area contributed by atoms with Gasteiger partial charge >= 0.3 is 0 Å². The highest BCUT2D eigenvalue weighted by Crippen LogP contribution is 2.26. The third kappa shape index (κ3) is 2.28. The largest absolute Gasteiger partial charge is 0.399 e. The Morgan fingerprint density at radius 1 is 1.22 bits per heavy atom. The Hall–Kier alpha value is -2.48. The number of alkyl halides is 2. The van der Waals surface area contributed by atoms with E-state index >= 15 is 0 Å². The molecule has 1 heterocycles. The normalized spacial score (nSPS) is 10.3. The van der Waals surface area contributed by atoms with Crippen molar-refractivity contribution < 1.29 is 8.78 Å². The number of hydrogen-bond donors (Lipinski definition) is 1. The molecule has 0 saturated heterocycles. The Morgan fingerprint density at radius 2 is 2.00 bits per heavy atom. The van der Waals surface area contributed by atoms with Crippen LogP contribution in [0.5, 0.6) is 0 Å². The minimum absolute atomic E-state index is 0.285. The Morgan fingerprint density at radius 3 is 2.56 bits per heavy atom. The number of halogens is 2. The van der Waals surface area contributed by atoms with Crippen molar-refractivity contribution in [3.63, 3.8) is 0 Å². The van der Waals surface area contributed by atoms with Crippen molar-refractivity contribution in [3.05, 3.63) is 47.8 Å². The number of nitrogens with two attached hydrogens (primary N) is 1. The molecule has 18 heavy (non-hydrogen) atoms. The van der Waals surface area contributed by atoms with E-state index in [4.69, 9.17) is 11.0 Å². The molecule has 90 valence electrons. The van der Waals surface area contributed by atoms with Crippen LogP contribution in [0.3, 0.4) is 0 Å². The molecule has 3 nitrogen and oxygen atoms in total. The molecule has 0 aliphatic rings. The van der Waals surface area contributed by atoms with Crippen LogP contribution in [0.25, 0.3) is 11.1 Å². The van der Waals surface area contributed by atoms with Gasteiger partial charge in [-0.1, -0.05) is 12.1 Å². The minimum Gasteiger partial charge on any atom is -0.399 e. The maximum absolute atomic E-state index is 12.4. The summed E-state index contributed by atoms with van der Waals surface area (Å²) in [4.78, 5) is 3.66. The monoisotopic (exact) mass is 245 g/mol. The average molecular weight is 245 g/mol. The van der Waals surface area contributed by atoms with Crippen LogP contribution in [0.15, 0.2) is 36.5 Å². The molecular formula is C13H9F2N3. The number of nitriles is 1. The lowest BCUT2D eigenvalue weighted by Gasteiger charge is -2.06. The lowest BCUT2D eigenvalue weighted by atomic mass is 10.0. The highest BCUT2D eigenvalue weighted by atomic mass is 19.3. The molecular weight excluding hydrogens is 236 g/mol. The second kappa shape index (κ2) is 4.80. The number of nitrogens with zero attached hydrogens (tertiary/aromatic N) is 2. The fourth-order valence-electron chi connectivity index (χ4n) is 1.60. The molecule has 0 aliphatic heterocycles. The smallest absolute Gasteiger partial charge is 0.280 e. The molecule has 0 atom stereocenters. The van der Waals surface area contributed by atoms with Crippen LogP contribution in [0.4, 0.5) is 14.5 Å². The Labute approximate surface area is 103 Å². The zero-order valence-electron chi connectivity index (χ0n) is 9.27. The summed E-state index contributed by atoms with van der Waals surface area (Å²) in [5.74, 6) is 0. The highest BCUT2D eigenvalue weighted by molar-refractivity contribution is 5.72. The van der Waals surface area contributed by atoms with Gasteiger partial charge in [0.05, 0.1) is 11.6 Å². The van der Waals surface area contributed by atoms with Crippen molar-refractivity contribution in [1.29, 1.82) is 5.26 Å². The lowest BCUT2D eigenvalue weighted by Crippen LogP contribution is -1.92. The Kier molecular flexibility index (Phi) is 3.20. The summed E-state index contributed by atoms with van der Waals surface area (Å²) >= 11 is 0. The number of aromatic nitrogens is 1. The van der Waals surface area contributed by atoms with E-state index in [-0.39, 0.29) is 5.69 Å². The molecule has 0 bridgehead atoms. The van der Waals surface area contributed by atoms with Crippen molar-refractivity contribution in [2.24, 2.45) is 0 Å². The van der Waals surface area contributed by atoms with E-state index in [2.05, 4.69) is 4.98 Å². The first-order valence-electron chi connectivity index (χ1n) is 5.16. The van der Waals surface area contributed by atoms with Gasteiger partial charge in [-0.25, -0.2) is 8.78 Å². The lowest BCUT2D eigenvalue weighted by molar-refractivity contribution is 0.146. The first-order valence-corrected chi connectivity index (χ1v) is 5.16. The molecule has 0 spiro atoms. The Balaban J connectivity index is 2.46. The first-order chi connectivity index (χ1) is 8.61. The number of pyridine rings is 1. The first kappa shape index (κ1) is 12.0. The van der Waals surface area contributed by atoms with Gasteiger partial charge < -0.3 is 5.73 Å². The summed E-state index contributed by atoms with van der Waals surface area (Å²) in [7, 11) is 0. The summed E-state index contributed by atoms with van der Waals surface area (Å²) in [6.07, 6.45) is -1.27. The van der Waals surface area contributed by atoms with Gasteiger partial charge in [0.25, 0.3) is 6.43 Å². The predicted molar refractivity (Wildman–Crippen MR) is 63.8 cm³/mol. The summed E-state index contributed by atoms with van der Waals surface area (Å²) in [6, 6.07) is 9.64. The van der Waals surface area contributed by atoms with Crippen molar-refractivity contribution in [2.45, 2.75) is 6.43 Å². The van der Waals surface area contributed by atoms with Crippen molar-refractivity contribution in [3.8, 4) is 17.2 Å². The maximum atomic E-state index is 12.4. The molecule has 1 aromatic carbocycles. The van der Waals surface area contributed by atoms with E-state index in [9.17, 15) is 8.78 Å². The zero-order chi connectivity index (χ0) is 13.1.